The average Bonchev–Trinajstić information content (AvgIpc) is 2.78. The molecule has 3 aromatic rings. The van der Waals surface area contributed by atoms with E-state index in [0.29, 0.717) is 17.9 Å². The molecule has 2 aromatic carbocycles. The zero-order valence-corrected chi connectivity index (χ0v) is 17.6. The predicted octanol–water partition coefficient (Wildman–Crippen LogP) is 4.19. The minimum Gasteiger partial charge on any atom is -0.494 e. The molecule has 1 heterocycles. The van der Waals surface area contributed by atoms with Gasteiger partial charge < -0.3 is 9.84 Å². The Morgan fingerprint density at radius 2 is 1.90 bits per heavy atom. The zero-order valence-electron chi connectivity index (χ0n) is 17.6. The Balaban J connectivity index is 2.07. The van der Waals surface area contributed by atoms with E-state index in [1.165, 1.54) is 6.92 Å². The molecule has 0 aliphatic carbocycles. The number of aromatic nitrogens is 1. The van der Waals surface area contributed by atoms with E-state index in [4.69, 9.17) is 4.74 Å². The first-order valence-electron chi connectivity index (χ1n) is 10.2. The van der Waals surface area contributed by atoms with Gasteiger partial charge in [0.25, 0.3) is 5.56 Å². The number of ketones is 1. The molecule has 0 aliphatic heterocycles. The number of carbonyl (C=O) groups is 1. The Labute approximate surface area is 181 Å². The number of pyridine rings is 1. The van der Waals surface area contributed by atoms with Crippen LogP contribution in [0.5, 0.6) is 11.6 Å². The smallest absolute Gasteiger partial charge is 0.271 e. The van der Waals surface area contributed by atoms with Crippen molar-refractivity contribution in [1.29, 1.82) is 5.26 Å². The summed E-state index contributed by atoms with van der Waals surface area (Å²) in [6, 6.07) is 17.6. The van der Waals surface area contributed by atoms with Crippen LogP contribution in [0.15, 0.2) is 59.4 Å². The molecule has 1 aromatic heterocycles. The number of rotatable bonds is 8. The minimum absolute atomic E-state index is 0.0426. The standard InChI is InChI=1S/C25H24N2O4/c1-3-4-13-31-20-12-8-11-19(14-20)23(28)22-17(2)21(15-26)24(29)27(25(22)30)16-18-9-6-5-7-10-18/h5-12,14,30H,3-4,13,16H2,1-2H3. The number of unbranched alkanes of at least 4 members (excludes halogenated alkanes) is 1. The lowest BCUT2D eigenvalue weighted by atomic mass is 9.97. The molecular formula is C25H24N2O4. The van der Waals surface area contributed by atoms with E-state index in [2.05, 4.69) is 6.92 Å². The molecule has 0 saturated heterocycles. The Morgan fingerprint density at radius 3 is 2.58 bits per heavy atom. The van der Waals surface area contributed by atoms with E-state index in [9.17, 15) is 20.0 Å². The number of nitriles is 1. The Hall–Kier alpha value is -3.85. The van der Waals surface area contributed by atoms with Crippen molar-refractivity contribution in [2.75, 3.05) is 6.61 Å². The maximum atomic E-state index is 13.3. The summed E-state index contributed by atoms with van der Waals surface area (Å²) in [5.41, 5.74) is 0.384. The molecule has 6 heteroatoms. The molecule has 0 atom stereocenters. The second kappa shape index (κ2) is 9.77. The number of nitrogens with zero attached hydrogens (tertiary/aromatic N) is 2. The normalized spacial score (nSPS) is 10.5. The van der Waals surface area contributed by atoms with Gasteiger partial charge in [-0.05, 0) is 36.6 Å². The van der Waals surface area contributed by atoms with E-state index in [0.717, 1.165) is 23.0 Å². The SMILES string of the molecule is CCCCOc1cccc(C(=O)c2c(C)c(C#N)c(=O)n(Cc3ccccc3)c2O)c1. The lowest BCUT2D eigenvalue weighted by Gasteiger charge is -2.16. The lowest BCUT2D eigenvalue weighted by molar-refractivity contribution is 0.103. The van der Waals surface area contributed by atoms with Crippen LogP contribution in [0, 0.1) is 18.3 Å². The summed E-state index contributed by atoms with van der Waals surface area (Å²) >= 11 is 0. The van der Waals surface area contributed by atoms with E-state index in [1.807, 2.05) is 24.3 Å². The quantitative estimate of drug-likeness (QED) is 0.439. The average molecular weight is 416 g/mol. The maximum absolute atomic E-state index is 13.3. The highest BCUT2D eigenvalue weighted by atomic mass is 16.5. The van der Waals surface area contributed by atoms with E-state index >= 15 is 0 Å². The summed E-state index contributed by atoms with van der Waals surface area (Å²) in [5.74, 6) is -0.378. The monoisotopic (exact) mass is 416 g/mol. The number of hydrogen-bond acceptors (Lipinski definition) is 5. The highest BCUT2D eigenvalue weighted by Gasteiger charge is 2.25. The molecular weight excluding hydrogens is 392 g/mol. The summed E-state index contributed by atoms with van der Waals surface area (Å²) in [6.45, 7) is 4.15. The van der Waals surface area contributed by atoms with Crippen LogP contribution in [0.25, 0.3) is 0 Å². The van der Waals surface area contributed by atoms with E-state index in [1.54, 1.807) is 36.4 Å². The number of benzene rings is 2. The van der Waals surface area contributed by atoms with Crippen molar-refractivity contribution in [2.45, 2.75) is 33.2 Å². The third kappa shape index (κ3) is 4.67. The minimum atomic E-state index is -0.630. The predicted molar refractivity (Wildman–Crippen MR) is 118 cm³/mol. The van der Waals surface area contributed by atoms with Gasteiger partial charge in [0, 0.05) is 5.56 Å². The number of ether oxygens (including phenoxy) is 1. The summed E-state index contributed by atoms with van der Waals surface area (Å²) in [4.78, 5) is 26.1. The fourth-order valence-electron chi connectivity index (χ4n) is 3.34. The first-order valence-corrected chi connectivity index (χ1v) is 10.2. The largest absolute Gasteiger partial charge is 0.494 e. The fraction of sp³-hybridized carbons (Fsp3) is 0.240. The van der Waals surface area contributed by atoms with Gasteiger partial charge in [0.05, 0.1) is 18.7 Å². The van der Waals surface area contributed by atoms with Crippen LogP contribution in [-0.2, 0) is 6.54 Å². The van der Waals surface area contributed by atoms with Crippen molar-refractivity contribution >= 4 is 5.78 Å². The molecule has 3 rings (SSSR count). The van der Waals surface area contributed by atoms with Gasteiger partial charge in [-0.25, -0.2) is 0 Å². The first kappa shape index (κ1) is 21.8. The van der Waals surface area contributed by atoms with Crippen molar-refractivity contribution in [1.82, 2.24) is 4.57 Å². The van der Waals surface area contributed by atoms with E-state index < -0.39 is 17.2 Å². The van der Waals surface area contributed by atoms with Crippen LogP contribution in [-0.4, -0.2) is 22.1 Å². The van der Waals surface area contributed by atoms with Crippen molar-refractivity contribution in [3.8, 4) is 17.7 Å². The summed E-state index contributed by atoms with van der Waals surface area (Å²) in [6.07, 6.45) is 1.89. The molecule has 0 saturated carbocycles. The molecule has 0 aliphatic rings. The summed E-state index contributed by atoms with van der Waals surface area (Å²) in [7, 11) is 0. The Kier molecular flexibility index (Phi) is 6.88. The summed E-state index contributed by atoms with van der Waals surface area (Å²) in [5, 5.41) is 20.5. The van der Waals surface area contributed by atoms with Crippen molar-refractivity contribution < 1.29 is 14.6 Å². The van der Waals surface area contributed by atoms with Crippen molar-refractivity contribution in [2.24, 2.45) is 0 Å². The number of aromatic hydroxyl groups is 1. The molecule has 6 nitrogen and oxygen atoms in total. The highest BCUT2D eigenvalue weighted by Crippen LogP contribution is 2.27. The lowest BCUT2D eigenvalue weighted by Crippen LogP contribution is -2.27. The van der Waals surface area contributed by atoms with Crippen LogP contribution >= 0.6 is 0 Å². The van der Waals surface area contributed by atoms with Gasteiger partial charge >= 0.3 is 0 Å². The van der Waals surface area contributed by atoms with Crippen LogP contribution in [0.2, 0.25) is 0 Å². The van der Waals surface area contributed by atoms with Crippen LogP contribution in [0.3, 0.4) is 0 Å². The van der Waals surface area contributed by atoms with Gasteiger partial charge in [-0.3, -0.25) is 14.2 Å². The third-order valence-corrected chi connectivity index (χ3v) is 5.07. The highest BCUT2D eigenvalue weighted by molar-refractivity contribution is 6.11. The van der Waals surface area contributed by atoms with Gasteiger partial charge in [0.15, 0.2) is 5.78 Å². The zero-order chi connectivity index (χ0) is 22.4. The Bertz CT molecular complexity index is 1190. The van der Waals surface area contributed by atoms with Crippen molar-refractivity contribution in [3.05, 3.63) is 92.8 Å². The molecule has 1 N–H and O–H groups in total. The van der Waals surface area contributed by atoms with Gasteiger partial charge in [-0.15, -0.1) is 0 Å². The topological polar surface area (TPSA) is 92.3 Å². The van der Waals surface area contributed by atoms with Crippen LogP contribution in [0.4, 0.5) is 0 Å². The molecule has 0 radical (unpaired) electrons. The molecule has 0 fully saturated rings. The molecule has 0 bridgehead atoms. The van der Waals surface area contributed by atoms with Gasteiger partial charge in [0.1, 0.15) is 17.4 Å². The molecule has 0 unspecified atom stereocenters. The molecule has 0 spiro atoms. The number of carbonyl (C=O) groups excluding carboxylic acids is 1. The van der Waals surface area contributed by atoms with Gasteiger partial charge in [-0.2, -0.15) is 5.26 Å². The first-order chi connectivity index (χ1) is 15.0. The van der Waals surface area contributed by atoms with E-state index in [-0.39, 0.29) is 23.2 Å². The third-order valence-electron chi connectivity index (χ3n) is 5.07. The second-order valence-electron chi connectivity index (χ2n) is 7.25. The molecule has 0 amide bonds. The van der Waals surface area contributed by atoms with Crippen molar-refractivity contribution in [3.63, 3.8) is 0 Å². The van der Waals surface area contributed by atoms with Crippen LogP contribution in [0.1, 0.15) is 52.4 Å². The Morgan fingerprint density at radius 1 is 1.16 bits per heavy atom. The van der Waals surface area contributed by atoms with Crippen LogP contribution < -0.4 is 10.3 Å². The maximum Gasteiger partial charge on any atom is 0.271 e. The molecule has 158 valence electrons. The molecule has 31 heavy (non-hydrogen) atoms. The number of hydrogen-bond donors (Lipinski definition) is 1. The summed E-state index contributed by atoms with van der Waals surface area (Å²) < 4.78 is 6.74. The fourth-order valence-corrected chi connectivity index (χ4v) is 3.34. The van der Waals surface area contributed by atoms with Gasteiger partial charge in [0.2, 0.25) is 5.88 Å². The van der Waals surface area contributed by atoms with Gasteiger partial charge in [-0.1, -0.05) is 55.8 Å². The second-order valence-corrected chi connectivity index (χ2v) is 7.25.